The van der Waals surface area contributed by atoms with E-state index >= 15 is 0 Å². The van der Waals surface area contributed by atoms with Crippen LogP contribution < -0.4 is 21.3 Å². The van der Waals surface area contributed by atoms with E-state index in [1.807, 2.05) is 0 Å². The fourth-order valence-electron chi connectivity index (χ4n) is 4.51. The fourth-order valence-corrected chi connectivity index (χ4v) is 4.51. The molecular weight excluding hydrogens is 400 g/mol. The van der Waals surface area contributed by atoms with E-state index in [-0.39, 0.29) is 48.8 Å². The lowest BCUT2D eigenvalue weighted by atomic mass is 9.91. The molecule has 178 valence electrons. The predicted molar refractivity (Wildman–Crippen MR) is 117 cm³/mol. The summed E-state index contributed by atoms with van der Waals surface area (Å²) < 4.78 is 0. The number of carboxylic acid groups (broad SMARTS) is 1. The number of urea groups is 1. The Balaban J connectivity index is 1.62. The Labute approximate surface area is 185 Å². The summed E-state index contributed by atoms with van der Waals surface area (Å²) in [5, 5.41) is 31.0. The molecule has 2 aliphatic rings. The molecule has 6 N–H and O–H groups in total. The standard InChI is InChI=1S/C22H40N4O5/c1-14(21(30)23-15(2)13-20(28)29)12-19(27)24-17-8-10-18(11-9-17)26-22(31)25-16-6-4-3-5-7-16/h14-18,21,23,30H,3-13H2,1-2H3,(H,24,27)(H,28,29)(H2,25,26,31)/t14?,15-,17?,18?,21?/m1/s1. The molecule has 0 saturated heterocycles. The predicted octanol–water partition coefficient (Wildman–Crippen LogP) is 1.84. The third-order valence-electron chi connectivity index (χ3n) is 6.35. The van der Waals surface area contributed by atoms with Gasteiger partial charge in [0, 0.05) is 36.5 Å². The summed E-state index contributed by atoms with van der Waals surface area (Å²) in [7, 11) is 0. The summed E-state index contributed by atoms with van der Waals surface area (Å²) in [6, 6.07) is 0.0545. The summed E-state index contributed by atoms with van der Waals surface area (Å²) in [6.45, 7) is 3.45. The van der Waals surface area contributed by atoms with E-state index in [1.54, 1.807) is 13.8 Å². The van der Waals surface area contributed by atoms with Gasteiger partial charge in [0.1, 0.15) is 6.23 Å². The van der Waals surface area contributed by atoms with Gasteiger partial charge in [-0.05, 0) is 45.4 Å². The van der Waals surface area contributed by atoms with E-state index < -0.39 is 12.2 Å². The van der Waals surface area contributed by atoms with Gasteiger partial charge in [-0.1, -0.05) is 26.2 Å². The summed E-state index contributed by atoms with van der Waals surface area (Å²) in [4.78, 5) is 35.3. The monoisotopic (exact) mass is 440 g/mol. The molecular formula is C22H40N4O5. The van der Waals surface area contributed by atoms with Crippen molar-refractivity contribution in [2.75, 3.05) is 0 Å². The molecule has 2 fully saturated rings. The molecule has 31 heavy (non-hydrogen) atoms. The molecule has 3 amide bonds. The SMILES string of the molecule is CC(CC(=O)NC1CCC(NC(=O)NC2CCCCC2)CC1)C(O)N[C@H](C)CC(=O)O. The van der Waals surface area contributed by atoms with Crippen LogP contribution >= 0.6 is 0 Å². The Morgan fingerprint density at radius 1 is 0.806 bits per heavy atom. The highest BCUT2D eigenvalue weighted by molar-refractivity contribution is 5.76. The average molecular weight is 441 g/mol. The van der Waals surface area contributed by atoms with Crippen LogP contribution in [0.4, 0.5) is 4.79 Å². The van der Waals surface area contributed by atoms with Crippen LogP contribution in [0.1, 0.15) is 84.5 Å². The molecule has 2 aliphatic carbocycles. The number of aliphatic hydroxyl groups is 1. The van der Waals surface area contributed by atoms with E-state index in [1.165, 1.54) is 19.3 Å². The Kier molecular flexibility index (Phi) is 10.5. The van der Waals surface area contributed by atoms with Gasteiger partial charge in [-0.3, -0.25) is 14.9 Å². The molecule has 9 nitrogen and oxygen atoms in total. The first-order valence-electron chi connectivity index (χ1n) is 11.7. The van der Waals surface area contributed by atoms with E-state index in [2.05, 4.69) is 21.3 Å². The van der Waals surface area contributed by atoms with Crippen molar-refractivity contribution in [2.45, 2.75) is 115 Å². The number of aliphatic hydroxyl groups excluding tert-OH is 1. The Morgan fingerprint density at radius 3 is 1.87 bits per heavy atom. The van der Waals surface area contributed by atoms with Gasteiger partial charge in [0.2, 0.25) is 5.91 Å². The van der Waals surface area contributed by atoms with E-state index in [9.17, 15) is 19.5 Å². The largest absolute Gasteiger partial charge is 0.481 e. The Bertz CT molecular complexity index is 588. The third-order valence-corrected chi connectivity index (χ3v) is 6.35. The summed E-state index contributed by atoms with van der Waals surface area (Å²) in [6.07, 6.45) is 8.16. The molecule has 0 aromatic heterocycles. The maximum absolute atomic E-state index is 12.3. The normalized spacial score (nSPS) is 25.1. The molecule has 9 heteroatoms. The van der Waals surface area contributed by atoms with E-state index in [4.69, 9.17) is 5.11 Å². The van der Waals surface area contributed by atoms with E-state index in [0.29, 0.717) is 6.04 Å². The van der Waals surface area contributed by atoms with Crippen molar-refractivity contribution in [3.05, 3.63) is 0 Å². The number of carbonyl (C=O) groups excluding carboxylic acids is 2. The van der Waals surface area contributed by atoms with Gasteiger partial charge in [-0.25, -0.2) is 4.79 Å². The van der Waals surface area contributed by atoms with Crippen LogP contribution in [0.25, 0.3) is 0 Å². The summed E-state index contributed by atoms with van der Waals surface area (Å²) in [5.74, 6) is -1.39. The minimum absolute atomic E-state index is 0.0770. The number of carbonyl (C=O) groups is 3. The maximum Gasteiger partial charge on any atom is 0.315 e. The lowest BCUT2D eigenvalue weighted by Crippen LogP contribution is -2.49. The molecule has 3 atom stereocenters. The number of hydrogen-bond donors (Lipinski definition) is 6. The highest BCUT2D eigenvalue weighted by Crippen LogP contribution is 2.20. The lowest BCUT2D eigenvalue weighted by molar-refractivity contribution is -0.137. The van der Waals surface area contributed by atoms with Crippen LogP contribution in [0.5, 0.6) is 0 Å². The van der Waals surface area contributed by atoms with Crippen molar-refractivity contribution < 1.29 is 24.6 Å². The minimum atomic E-state index is -0.942. The summed E-state index contributed by atoms with van der Waals surface area (Å²) >= 11 is 0. The fraction of sp³-hybridized carbons (Fsp3) is 0.864. The molecule has 0 bridgehead atoms. The van der Waals surface area contributed by atoms with E-state index in [0.717, 1.165) is 38.5 Å². The van der Waals surface area contributed by atoms with Gasteiger partial charge in [0.05, 0.1) is 6.42 Å². The molecule has 2 saturated carbocycles. The van der Waals surface area contributed by atoms with Crippen molar-refractivity contribution in [3.63, 3.8) is 0 Å². The van der Waals surface area contributed by atoms with Crippen LogP contribution in [-0.4, -0.2) is 58.5 Å². The first-order valence-corrected chi connectivity index (χ1v) is 11.7. The zero-order valence-corrected chi connectivity index (χ0v) is 18.9. The zero-order valence-electron chi connectivity index (χ0n) is 18.9. The van der Waals surface area contributed by atoms with Gasteiger partial charge in [0.15, 0.2) is 0 Å². The quantitative estimate of drug-likeness (QED) is 0.287. The van der Waals surface area contributed by atoms with Crippen molar-refractivity contribution in [3.8, 4) is 0 Å². The van der Waals surface area contributed by atoms with Crippen LogP contribution in [0.2, 0.25) is 0 Å². The van der Waals surface area contributed by atoms with Gasteiger partial charge >= 0.3 is 12.0 Å². The van der Waals surface area contributed by atoms with Crippen LogP contribution in [0.3, 0.4) is 0 Å². The van der Waals surface area contributed by atoms with Gasteiger partial charge in [0.25, 0.3) is 0 Å². The molecule has 2 rings (SSSR count). The number of rotatable bonds is 10. The molecule has 0 aromatic carbocycles. The van der Waals surface area contributed by atoms with Crippen LogP contribution in [0.15, 0.2) is 0 Å². The second kappa shape index (κ2) is 12.9. The molecule has 0 radical (unpaired) electrons. The number of hydrogen-bond acceptors (Lipinski definition) is 5. The molecule has 0 heterocycles. The third kappa shape index (κ3) is 9.86. The van der Waals surface area contributed by atoms with Crippen LogP contribution in [-0.2, 0) is 9.59 Å². The molecule has 0 aliphatic heterocycles. The highest BCUT2D eigenvalue weighted by atomic mass is 16.4. The van der Waals surface area contributed by atoms with Crippen molar-refractivity contribution in [1.29, 1.82) is 0 Å². The number of aliphatic carboxylic acids is 1. The van der Waals surface area contributed by atoms with Crippen LogP contribution in [0, 0.1) is 5.92 Å². The Hall–Kier alpha value is -1.87. The van der Waals surface area contributed by atoms with Crippen molar-refractivity contribution in [1.82, 2.24) is 21.3 Å². The smallest absolute Gasteiger partial charge is 0.315 e. The zero-order chi connectivity index (χ0) is 22.8. The minimum Gasteiger partial charge on any atom is -0.481 e. The van der Waals surface area contributed by atoms with Crippen molar-refractivity contribution in [2.24, 2.45) is 5.92 Å². The molecule has 0 spiro atoms. The topological polar surface area (TPSA) is 140 Å². The second-order valence-electron chi connectivity index (χ2n) is 9.36. The number of carboxylic acids is 1. The summed E-state index contributed by atoms with van der Waals surface area (Å²) in [5.41, 5.74) is 0. The average Bonchev–Trinajstić information content (AvgIpc) is 2.69. The number of nitrogens with one attached hydrogen (secondary N) is 4. The van der Waals surface area contributed by atoms with Gasteiger partial charge in [-0.15, -0.1) is 0 Å². The first kappa shape index (κ1) is 25.4. The first-order chi connectivity index (χ1) is 14.7. The van der Waals surface area contributed by atoms with Gasteiger partial charge < -0.3 is 26.2 Å². The van der Waals surface area contributed by atoms with Gasteiger partial charge in [-0.2, -0.15) is 0 Å². The highest BCUT2D eigenvalue weighted by Gasteiger charge is 2.26. The lowest BCUT2D eigenvalue weighted by Gasteiger charge is -2.31. The number of amides is 3. The van der Waals surface area contributed by atoms with Crippen molar-refractivity contribution >= 4 is 17.9 Å². The molecule has 0 aromatic rings. The molecule has 2 unspecified atom stereocenters. The second-order valence-corrected chi connectivity index (χ2v) is 9.36. The maximum atomic E-state index is 12.3. The Morgan fingerprint density at radius 2 is 1.32 bits per heavy atom.